The van der Waals surface area contributed by atoms with E-state index >= 15 is 0 Å². The van der Waals surface area contributed by atoms with Gasteiger partial charge in [-0.25, -0.2) is 15.0 Å². The first-order valence-electron chi connectivity index (χ1n) is 11.6. The monoisotopic (exact) mass is 486 g/mol. The quantitative estimate of drug-likeness (QED) is 0.434. The van der Waals surface area contributed by atoms with Crippen LogP contribution >= 0.6 is 22.9 Å². The number of rotatable bonds is 8. The Hall–Kier alpha value is -2.55. The van der Waals surface area contributed by atoms with Crippen LogP contribution in [-0.4, -0.2) is 45.5 Å². The molecule has 174 valence electrons. The molecule has 0 bridgehead atoms. The molecule has 9 heteroatoms. The molecular weight excluding hydrogens is 458 g/mol. The minimum atomic E-state index is -0.0708. The fraction of sp³-hybridized carbons (Fsp3) is 0.417. The topological polar surface area (TPSA) is 91.2 Å². The van der Waals surface area contributed by atoms with Crippen LogP contribution in [0.2, 0.25) is 5.02 Å². The summed E-state index contributed by atoms with van der Waals surface area (Å²) in [5, 5.41) is 13.4. The SMILES string of the molecule is [2H]c1cc(C)c(CC(=O)c2cnc(Nc3cc(N4CCC(CCO)CC4)nc(C)n3)s2)c(Cl)c1. The van der Waals surface area contributed by atoms with Crippen molar-refractivity contribution in [2.45, 2.75) is 39.5 Å². The summed E-state index contributed by atoms with van der Waals surface area (Å²) in [6.07, 6.45) is 4.67. The minimum absolute atomic E-state index is 0.0708. The average Bonchev–Trinajstić information content (AvgIpc) is 3.25. The van der Waals surface area contributed by atoms with E-state index in [1.165, 1.54) is 11.3 Å². The molecule has 0 saturated carbocycles. The van der Waals surface area contributed by atoms with E-state index in [2.05, 4.69) is 25.2 Å². The van der Waals surface area contributed by atoms with Crippen molar-refractivity contribution in [3.05, 3.63) is 57.3 Å². The molecule has 1 aliphatic heterocycles. The number of piperidine rings is 1. The van der Waals surface area contributed by atoms with Crippen LogP contribution in [0, 0.1) is 19.8 Å². The summed E-state index contributed by atoms with van der Waals surface area (Å²) in [5.41, 5.74) is 1.57. The smallest absolute Gasteiger partial charge is 0.188 e. The highest BCUT2D eigenvalue weighted by molar-refractivity contribution is 7.17. The fourth-order valence-electron chi connectivity index (χ4n) is 4.06. The Morgan fingerprint density at radius 3 is 2.85 bits per heavy atom. The lowest BCUT2D eigenvalue weighted by Crippen LogP contribution is -2.34. The van der Waals surface area contributed by atoms with Crippen molar-refractivity contribution < 1.29 is 11.3 Å². The number of aryl methyl sites for hydroxylation is 2. The second-order valence-electron chi connectivity index (χ2n) is 8.32. The van der Waals surface area contributed by atoms with Gasteiger partial charge in [0, 0.05) is 37.2 Å². The van der Waals surface area contributed by atoms with E-state index in [0.717, 1.165) is 49.3 Å². The molecule has 1 fully saturated rings. The third-order valence-corrected chi connectivity index (χ3v) is 7.22. The first-order valence-corrected chi connectivity index (χ1v) is 12.2. The maximum absolute atomic E-state index is 12.8. The van der Waals surface area contributed by atoms with Gasteiger partial charge in [-0.3, -0.25) is 4.79 Å². The lowest BCUT2D eigenvalue weighted by molar-refractivity contribution is 0.0996. The summed E-state index contributed by atoms with van der Waals surface area (Å²) in [7, 11) is 0. The molecule has 3 aromatic rings. The van der Waals surface area contributed by atoms with Crippen LogP contribution in [-0.2, 0) is 6.42 Å². The van der Waals surface area contributed by atoms with Crippen LogP contribution in [0.15, 0.2) is 30.4 Å². The molecule has 33 heavy (non-hydrogen) atoms. The third-order valence-electron chi connectivity index (χ3n) is 5.93. The van der Waals surface area contributed by atoms with Gasteiger partial charge in [0.05, 0.1) is 12.4 Å². The number of carbonyl (C=O) groups excluding carboxylic acids is 1. The lowest BCUT2D eigenvalue weighted by atomic mass is 9.94. The highest BCUT2D eigenvalue weighted by atomic mass is 35.5. The molecule has 0 atom stereocenters. The Kier molecular flexibility index (Phi) is 7.14. The lowest BCUT2D eigenvalue weighted by Gasteiger charge is -2.32. The first kappa shape index (κ1) is 22.3. The molecule has 0 spiro atoms. The van der Waals surface area contributed by atoms with Crippen LogP contribution in [0.25, 0.3) is 0 Å². The second-order valence-corrected chi connectivity index (χ2v) is 9.76. The van der Waals surface area contributed by atoms with Crippen molar-refractivity contribution in [3.8, 4) is 0 Å². The first-order chi connectivity index (χ1) is 16.3. The molecule has 0 unspecified atom stereocenters. The van der Waals surface area contributed by atoms with Gasteiger partial charge in [0.2, 0.25) is 0 Å². The number of benzene rings is 1. The molecule has 2 aromatic heterocycles. The summed E-state index contributed by atoms with van der Waals surface area (Å²) in [6, 6.07) is 5.50. The normalized spacial score (nSPS) is 14.9. The van der Waals surface area contributed by atoms with E-state index in [4.69, 9.17) is 13.0 Å². The van der Waals surface area contributed by atoms with Gasteiger partial charge in [0.25, 0.3) is 0 Å². The van der Waals surface area contributed by atoms with Gasteiger partial charge in [0.1, 0.15) is 17.5 Å². The summed E-state index contributed by atoms with van der Waals surface area (Å²) >= 11 is 7.54. The molecule has 1 aromatic carbocycles. The zero-order valence-electron chi connectivity index (χ0n) is 19.8. The summed E-state index contributed by atoms with van der Waals surface area (Å²) in [6.45, 7) is 5.77. The van der Waals surface area contributed by atoms with E-state index in [-0.39, 0.29) is 18.8 Å². The molecule has 0 amide bonds. The molecule has 3 heterocycles. The number of aromatic nitrogens is 3. The Labute approximate surface area is 204 Å². The predicted octanol–water partition coefficient (Wildman–Crippen LogP) is 4.97. The highest BCUT2D eigenvalue weighted by Crippen LogP contribution is 2.28. The zero-order valence-corrected chi connectivity index (χ0v) is 20.3. The van der Waals surface area contributed by atoms with Crippen molar-refractivity contribution in [2.24, 2.45) is 5.92 Å². The third kappa shape index (κ3) is 5.88. The van der Waals surface area contributed by atoms with Gasteiger partial charge in [0.15, 0.2) is 10.9 Å². The predicted molar refractivity (Wildman–Crippen MR) is 133 cm³/mol. The van der Waals surface area contributed by atoms with Crippen LogP contribution in [0.4, 0.5) is 16.8 Å². The van der Waals surface area contributed by atoms with E-state index in [9.17, 15) is 9.90 Å². The van der Waals surface area contributed by atoms with Crippen molar-refractivity contribution in [3.63, 3.8) is 0 Å². The number of thiazole rings is 1. The summed E-state index contributed by atoms with van der Waals surface area (Å²) < 4.78 is 7.74. The zero-order chi connectivity index (χ0) is 24.2. The molecular formula is C24H28ClN5O2S. The summed E-state index contributed by atoms with van der Waals surface area (Å²) in [5.74, 6) is 2.66. The number of nitrogens with zero attached hydrogens (tertiary/aromatic N) is 4. The maximum atomic E-state index is 12.8. The van der Waals surface area contributed by atoms with Gasteiger partial charge < -0.3 is 15.3 Å². The molecule has 4 rings (SSSR count). The number of halogens is 1. The van der Waals surface area contributed by atoms with Gasteiger partial charge in [-0.2, -0.15) is 0 Å². The maximum Gasteiger partial charge on any atom is 0.188 e. The number of ketones is 1. The fourth-order valence-corrected chi connectivity index (χ4v) is 5.10. The molecule has 0 radical (unpaired) electrons. The van der Waals surface area contributed by atoms with E-state index < -0.39 is 0 Å². The van der Waals surface area contributed by atoms with Crippen LogP contribution in [0.5, 0.6) is 0 Å². The number of carbonyl (C=O) groups is 1. The summed E-state index contributed by atoms with van der Waals surface area (Å²) in [4.78, 5) is 29.1. The Morgan fingerprint density at radius 2 is 2.12 bits per heavy atom. The molecule has 1 aliphatic rings. The molecule has 1 saturated heterocycles. The Bertz CT molecular complexity index is 1160. The number of hydrogen-bond acceptors (Lipinski definition) is 8. The minimum Gasteiger partial charge on any atom is -0.396 e. The highest BCUT2D eigenvalue weighted by Gasteiger charge is 2.21. The van der Waals surface area contributed by atoms with Crippen molar-refractivity contribution >= 4 is 45.5 Å². The van der Waals surface area contributed by atoms with Crippen LogP contribution < -0.4 is 10.2 Å². The van der Waals surface area contributed by atoms with Crippen molar-refractivity contribution in [2.75, 3.05) is 29.9 Å². The molecule has 7 nitrogen and oxygen atoms in total. The molecule has 2 N–H and O–H groups in total. The standard InChI is InChI=1S/C24H28ClN5O2S/c1-15-4-3-5-19(25)18(15)12-20(32)21-14-26-24(33-21)29-22-13-23(28-16(2)27-22)30-9-6-17(7-10-30)8-11-31/h3-5,13-14,17,31H,6-12H2,1-2H3,(H,26,27,28,29)/i3D. The number of Topliss-reactive ketones (excluding diaryl/α,β-unsaturated/α-hetero) is 1. The largest absolute Gasteiger partial charge is 0.396 e. The van der Waals surface area contributed by atoms with Crippen molar-refractivity contribution in [1.29, 1.82) is 0 Å². The number of aliphatic hydroxyl groups excluding tert-OH is 1. The second kappa shape index (κ2) is 10.6. The number of nitrogens with one attached hydrogen (secondary N) is 1. The average molecular weight is 487 g/mol. The van der Waals surface area contributed by atoms with E-state index in [0.29, 0.717) is 38.6 Å². The molecule has 0 aliphatic carbocycles. The van der Waals surface area contributed by atoms with E-state index in [1.54, 1.807) is 18.3 Å². The number of aliphatic hydroxyl groups is 1. The van der Waals surface area contributed by atoms with Crippen LogP contribution in [0.1, 0.15) is 47.3 Å². The van der Waals surface area contributed by atoms with Gasteiger partial charge >= 0.3 is 0 Å². The van der Waals surface area contributed by atoms with E-state index in [1.807, 2.05) is 19.9 Å². The number of anilines is 3. The Balaban J connectivity index is 1.43. The van der Waals surface area contributed by atoms with Gasteiger partial charge in [-0.1, -0.05) is 35.0 Å². The Morgan fingerprint density at radius 1 is 1.33 bits per heavy atom. The van der Waals surface area contributed by atoms with Crippen LogP contribution in [0.3, 0.4) is 0 Å². The van der Waals surface area contributed by atoms with Crippen molar-refractivity contribution in [1.82, 2.24) is 15.0 Å². The van der Waals surface area contributed by atoms with Gasteiger partial charge in [-0.15, -0.1) is 0 Å². The number of hydrogen-bond donors (Lipinski definition) is 2. The van der Waals surface area contributed by atoms with Gasteiger partial charge in [-0.05, 0) is 56.2 Å².